The average Bonchev–Trinajstić information content (AvgIpc) is 3.70. The Balaban J connectivity index is 1.15. The van der Waals surface area contributed by atoms with Crippen molar-refractivity contribution in [2.75, 3.05) is 6.54 Å². The van der Waals surface area contributed by atoms with E-state index in [1.54, 1.807) is 0 Å². The molecule has 7 rings (SSSR count). The lowest BCUT2D eigenvalue weighted by atomic mass is 9.99. The zero-order valence-corrected chi connectivity index (χ0v) is 21.7. The number of benzene rings is 3. The maximum Gasteiger partial charge on any atom is 0.124 e. The van der Waals surface area contributed by atoms with Crippen LogP contribution in [0.3, 0.4) is 0 Å². The molecule has 4 N–H and O–H groups in total. The molecule has 188 valence electrons. The van der Waals surface area contributed by atoms with Crippen LogP contribution in [0.15, 0.2) is 60.8 Å². The summed E-state index contributed by atoms with van der Waals surface area (Å²) in [5, 5.41) is 9.69. The lowest BCUT2D eigenvalue weighted by Gasteiger charge is -2.08. The molecule has 2 fully saturated rings. The Kier molecular flexibility index (Phi) is 5.41. The standard InChI is InChI=1S/C31H34N6/c1-17-10-27(32-15-17)30-33-16-29(37-30)24-7-6-20-12-21(4-5-22(20)13-24)23-8-9-25-26(14-23)36-31(35-25)28-11-18(2)19(3)34-28/h4-9,12-14,16-19,27-28,32,34H,10-11,15H2,1-3H3,(H,33,37)(H,35,36)/t17-,18-,19-,27+,28+/m1/s1. The van der Waals surface area contributed by atoms with E-state index in [1.807, 2.05) is 6.20 Å². The number of hydrogen-bond donors (Lipinski definition) is 4. The van der Waals surface area contributed by atoms with Gasteiger partial charge in [-0.1, -0.05) is 44.2 Å². The molecule has 0 spiro atoms. The number of imidazole rings is 2. The maximum atomic E-state index is 4.90. The van der Waals surface area contributed by atoms with Gasteiger partial charge in [-0.15, -0.1) is 0 Å². The fourth-order valence-corrected chi connectivity index (χ4v) is 6.06. The Morgan fingerprint density at radius 3 is 2.27 bits per heavy atom. The number of rotatable bonds is 4. The number of fused-ring (bicyclic) bond motifs is 2. The van der Waals surface area contributed by atoms with Gasteiger partial charge in [-0.25, -0.2) is 9.97 Å². The first-order valence-corrected chi connectivity index (χ1v) is 13.6. The molecular weight excluding hydrogens is 456 g/mol. The highest BCUT2D eigenvalue weighted by Gasteiger charge is 2.30. The Hall–Kier alpha value is -3.48. The van der Waals surface area contributed by atoms with E-state index in [1.165, 1.54) is 21.9 Å². The molecule has 5 aromatic rings. The smallest absolute Gasteiger partial charge is 0.124 e. The quantitative estimate of drug-likeness (QED) is 0.232. The van der Waals surface area contributed by atoms with E-state index in [2.05, 4.69) is 96.0 Å². The van der Waals surface area contributed by atoms with Crippen LogP contribution in [-0.2, 0) is 0 Å². The number of nitrogens with one attached hydrogen (secondary N) is 4. The fourth-order valence-electron chi connectivity index (χ4n) is 6.06. The van der Waals surface area contributed by atoms with E-state index in [4.69, 9.17) is 9.97 Å². The molecule has 2 saturated heterocycles. The van der Waals surface area contributed by atoms with Crippen LogP contribution >= 0.6 is 0 Å². The number of aromatic amines is 2. The van der Waals surface area contributed by atoms with Gasteiger partial charge in [-0.3, -0.25) is 0 Å². The summed E-state index contributed by atoms with van der Waals surface area (Å²) in [5.74, 6) is 3.45. The molecule has 5 atom stereocenters. The number of aromatic nitrogens is 4. The molecule has 0 radical (unpaired) electrons. The van der Waals surface area contributed by atoms with E-state index in [0.29, 0.717) is 30.0 Å². The summed E-state index contributed by atoms with van der Waals surface area (Å²) >= 11 is 0. The van der Waals surface area contributed by atoms with Gasteiger partial charge in [0.15, 0.2) is 0 Å². The van der Waals surface area contributed by atoms with Crippen LogP contribution in [0.1, 0.15) is 57.3 Å². The van der Waals surface area contributed by atoms with Gasteiger partial charge in [0.25, 0.3) is 0 Å². The summed E-state index contributed by atoms with van der Waals surface area (Å²) < 4.78 is 0. The zero-order chi connectivity index (χ0) is 25.1. The Morgan fingerprint density at radius 2 is 1.51 bits per heavy atom. The minimum absolute atomic E-state index is 0.305. The summed E-state index contributed by atoms with van der Waals surface area (Å²) in [6.07, 6.45) is 4.29. The van der Waals surface area contributed by atoms with Gasteiger partial charge in [0.05, 0.1) is 28.8 Å². The van der Waals surface area contributed by atoms with Crippen LogP contribution in [-0.4, -0.2) is 32.5 Å². The number of hydrogen-bond acceptors (Lipinski definition) is 4. The third-order valence-corrected chi connectivity index (χ3v) is 8.50. The molecule has 6 heteroatoms. The highest BCUT2D eigenvalue weighted by molar-refractivity contribution is 5.91. The molecule has 2 aromatic heterocycles. The van der Waals surface area contributed by atoms with Crippen molar-refractivity contribution in [1.29, 1.82) is 0 Å². The Bertz CT molecular complexity index is 1590. The molecule has 4 heterocycles. The zero-order valence-electron chi connectivity index (χ0n) is 21.7. The minimum Gasteiger partial charge on any atom is -0.347 e. The minimum atomic E-state index is 0.305. The normalized spacial score (nSPS) is 26.0. The summed E-state index contributed by atoms with van der Waals surface area (Å²) in [6.45, 7) is 7.91. The van der Waals surface area contributed by atoms with Gasteiger partial charge >= 0.3 is 0 Å². The number of H-pyrrole nitrogens is 2. The van der Waals surface area contributed by atoms with Crippen LogP contribution < -0.4 is 10.6 Å². The molecular formula is C31H34N6. The van der Waals surface area contributed by atoms with Crippen molar-refractivity contribution in [2.24, 2.45) is 11.8 Å². The van der Waals surface area contributed by atoms with Crippen molar-refractivity contribution < 1.29 is 0 Å². The lowest BCUT2D eigenvalue weighted by Crippen LogP contribution is -2.24. The first kappa shape index (κ1) is 22.7. The van der Waals surface area contributed by atoms with Crippen LogP contribution in [0.2, 0.25) is 0 Å². The largest absolute Gasteiger partial charge is 0.347 e. The van der Waals surface area contributed by atoms with E-state index in [0.717, 1.165) is 53.3 Å². The molecule has 0 bridgehead atoms. The van der Waals surface area contributed by atoms with Crippen LogP contribution in [0.5, 0.6) is 0 Å². The molecule has 0 aliphatic carbocycles. The molecule has 2 aliphatic heterocycles. The van der Waals surface area contributed by atoms with E-state index >= 15 is 0 Å². The highest BCUT2D eigenvalue weighted by Crippen LogP contribution is 2.33. The van der Waals surface area contributed by atoms with Gasteiger partial charge in [0.2, 0.25) is 0 Å². The van der Waals surface area contributed by atoms with Crippen molar-refractivity contribution in [3.8, 4) is 22.4 Å². The van der Waals surface area contributed by atoms with Crippen molar-refractivity contribution in [3.63, 3.8) is 0 Å². The molecule has 37 heavy (non-hydrogen) atoms. The Labute approximate surface area is 217 Å². The summed E-state index contributed by atoms with van der Waals surface area (Å²) in [5.41, 5.74) is 6.68. The summed E-state index contributed by atoms with van der Waals surface area (Å²) in [7, 11) is 0. The third-order valence-electron chi connectivity index (χ3n) is 8.50. The first-order chi connectivity index (χ1) is 18.0. The van der Waals surface area contributed by atoms with Gasteiger partial charge in [-0.2, -0.15) is 0 Å². The van der Waals surface area contributed by atoms with E-state index in [-0.39, 0.29) is 0 Å². The lowest BCUT2D eigenvalue weighted by molar-refractivity contribution is 0.516. The van der Waals surface area contributed by atoms with Crippen molar-refractivity contribution in [1.82, 2.24) is 30.6 Å². The summed E-state index contributed by atoms with van der Waals surface area (Å²) in [4.78, 5) is 16.8. The number of nitrogens with zero attached hydrogens (tertiary/aromatic N) is 2. The molecule has 0 amide bonds. The highest BCUT2D eigenvalue weighted by atomic mass is 15.1. The topological polar surface area (TPSA) is 81.4 Å². The van der Waals surface area contributed by atoms with Gasteiger partial charge in [0.1, 0.15) is 11.6 Å². The average molecular weight is 491 g/mol. The molecule has 2 aliphatic rings. The second-order valence-corrected chi connectivity index (χ2v) is 11.3. The third kappa shape index (κ3) is 4.14. The summed E-state index contributed by atoms with van der Waals surface area (Å²) in [6, 6.07) is 21.0. The SMILES string of the molecule is C[C@H]1CN[C@H](c2nc(-c3ccc4cc(-c5ccc6nc([C@@H]7C[C@@H](C)[C@@H](C)N7)[nH]c6c5)ccc4c3)c[nH]2)C1. The van der Waals surface area contributed by atoms with E-state index in [9.17, 15) is 0 Å². The molecule has 3 aromatic carbocycles. The molecule has 6 nitrogen and oxygen atoms in total. The van der Waals surface area contributed by atoms with Crippen LogP contribution in [0.4, 0.5) is 0 Å². The van der Waals surface area contributed by atoms with Crippen LogP contribution in [0, 0.1) is 11.8 Å². The second kappa shape index (κ2) is 8.82. The first-order valence-electron chi connectivity index (χ1n) is 13.6. The molecule has 0 saturated carbocycles. The van der Waals surface area contributed by atoms with Gasteiger partial charge in [0, 0.05) is 17.8 Å². The fraction of sp³-hybridized carbons (Fsp3) is 0.355. The predicted molar refractivity (Wildman–Crippen MR) is 150 cm³/mol. The van der Waals surface area contributed by atoms with Crippen LogP contribution in [0.25, 0.3) is 44.2 Å². The van der Waals surface area contributed by atoms with E-state index < -0.39 is 0 Å². The van der Waals surface area contributed by atoms with Crippen molar-refractivity contribution in [3.05, 3.63) is 72.4 Å². The van der Waals surface area contributed by atoms with Crippen molar-refractivity contribution >= 4 is 21.8 Å². The monoisotopic (exact) mass is 490 g/mol. The Morgan fingerprint density at radius 1 is 0.757 bits per heavy atom. The predicted octanol–water partition coefficient (Wildman–Crippen LogP) is 6.50. The maximum absolute atomic E-state index is 4.90. The second-order valence-electron chi connectivity index (χ2n) is 11.3. The van der Waals surface area contributed by atoms with Gasteiger partial charge < -0.3 is 20.6 Å². The van der Waals surface area contributed by atoms with Gasteiger partial charge in [-0.05, 0) is 84.3 Å². The molecule has 0 unspecified atom stereocenters. The van der Waals surface area contributed by atoms with Crippen molar-refractivity contribution in [2.45, 2.75) is 51.7 Å².